The van der Waals surface area contributed by atoms with Gasteiger partial charge in [0, 0.05) is 12.1 Å². The van der Waals surface area contributed by atoms with Gasteiger partial charge in [-0.15, -0.1) is 0 Å². The second kappa shape index (κ2) is 5.77. The monoisotopic (exact) mass is 300 g/mol. The molecule has 2 aromatic rings. The summed E-state index contributed by atoms with van der Waals surface area (Å²) in [6.07, 6.45) is 3.04. The van der Waals surface area contributed by atoms with E-state index in [1.807, 2.05) is 0 Å². The molecular weight excluding hydrogens is 288 g/mol. The van der Waals surface area contributed by atoms with Crippen LogP contribution in [0.15, 0.2) is 46.8 Å². The number of rotatable bonds is 4. The molecule has 0 amide bonds. The second-order valence-electron chi connectivity index (χ2n) is 4.48. The Morgan fingerprint density at radius 2 is 2.18 bits per heavy atom. The Morgan fingerprint density at radius 1 is 1.32 bits per heavy atom. The van der Waals surface area contributed by atoms with Crippen LogP contribution in [0.5, 0.6) is 11.5 Å². The van der Waals surface area contributed by atoms with Gasteiger partial charge in [0.1, 0.15) is 17.3 Å². The van der Waals surface area contributed by atoms with E-state index in [2.05, 4.69) is 4.74 Å². The maximum absolute atomic E-state index is 12.2. The fourth-order valence-corrected chi connectivity index (χ4v) is 1.96. The van der Waals surface area contributed by atoms with Crippen LogP contribution in [0.2, 0.25) is 0 Å². The van der Waals surface area contributed by atoms with Crippen molar-refractivity contribution in [1.29, 1.82) is 0 Å². The topological polar surface area (TPSA) is 75.0 Å². The van der Waals surface area contributed by atoms with Crippen LogP contribution in [0.4, 0.5) is 0 Å². The van der Waals surface area contributed by atoms with Crippen molar-refractivity contribution in [2.75, 3.05) is 13.7 Å². The van der Waals surface area contributed by atoms with Crippen LogP contribution >= 0.6 is 0 Å². The van der Waals surface area contributed by atoms with Gasteiger partial charge in [-0.3, -0.25) is 4.79 Å². The lowest BCUT2D eigenvalue weighted by atomic mass is 10.1. The van der Waals surface area contributed by atoms with Crippen LogP contribution in [-0.4, -0.2) is 25.5 Å². The zero-order valence-electron chi connectivity index (χ0n) is 11.7. The van der Waals surface area contributed by atoms with Gasteiger partial charge in [-0.1, -0.05) is 0 Å². The molecule has 6 nitrogen and oxygen atoms in total. The number of ether oxygens (including phenoxy) is 3. The number of allylic oxidation sites excluding steroid dienone is 1. The normalized spacial score (nSPS) is 14.6. The lowest BCUT2D eigenvalue weighted by molar-refractivity contribution is -0.142. The minimum Gasteiger partial charge on any atom is -0.482 e. The molecule has 3 rings (SSSR count). The molecule has 0 radical (unpaired) electrons. The van der Waals surface area contributed by atoms with E-state index in [1.165, 1.54) is 19.4 Å². The molecule has 0 spiro atoms. The fourth-order valence-electron chi connectivity index (χ4n) is 1.96. The van der Waals surface area contributed by atoms with E-state index < -0.39 is 5.97 Å². The molecule has 0 saturated heterocycles. The summed E-state index contributed by atoms with van der Waals surface area (Å²) in [5, 5.41) is 0. The van der Waals surface area contributed by atoms with Gasteiger partial charge in [0.25, 0.3) is 0 Å². The number of benzene rings is 1. The number of furan rings is 1. The van der Waals surface area contributed by atoms with Crippen LogP contribution in [-0.2, 0) is 9.53 Å². The molecule has 1 aromatic carbocycles. The number of methoxy groups -OCH3 is 1. The second-order valence-corrected chi connectivity index (χ2v) is 4.48. The maximum Gasteiger partial charge on any atom is 0.343 e. The lowest BCUT2D eigenvalue weighted by Crippen LogP contribution is -2.12. The van der Waals surface area contributed by atoms with E-state index in [4.69, 9.17) is 13.9 Å². The summed E-state index contributed by atoms with van der Waals surface area (Å²) in [6, 6.07) is 8.18. The first-order valence-electron chi connectivity index (χ1n) is 6.49. The molecule has 1 aliphatic rings. The first-order valence-corrected chi connectivity index (χ1v) is 6.49. The molecular formula is C16H12O6. The van der Waals surface area contributed by atoms with Crippen molar-refractivity contribution in [2.45, 2.75) is 0 Å². The van der Waals surface area contributed by atoms with Gasteiger partial charge >= 0.3 is 5.97 Å². The van der Waals surface area contributed by atoms with Crippen molar-refractivity contribution in [1.82, 2.24) is 0 Å². The predicted molar refractivity (Wildman–Crippen MR) is 75.6 cm³/mol. The van der Waals surface area contributed by atoms with Crippen molar-refractivity contribution >= 4 is 17.8 Å². The van der Waals surface area contributed by atoms with Crippen LogP contribution in [0.1, 0.15) is 16.1 Å². The number of esters is 1. The van der Waals surface area contributed by atoms with Gasteiger partial charge in [-0.05, 0) is 24.3 Å². The van der Waals surface area contributed by atoms with Crippen LogP contribution in [0.25, 0.3) is 6.08 Å². The Bertz CT molecular complexity index is 742. The summed E-state index contributed by atoms with van der Waals surface area (Å²) < 4.78 is 20.4. The Labute approximate surface area is 125 Å². The Morgan fingerprint density at radius 3 is 2.91 bits per heavy atom. The third-order valence-electron chi connectivity index (χ3n) is 3.04. The molecule has 112 valence electrons. The Hall–Kier alpha value is -3.02. The summed E-state index contributed by atoms with van der Waals surface area (Å²) in [7, 11) is 1.28. The molecule has 1 aliphatic heterocycles. The number of ketones is 1. The van der Waals surface area contributed by atoms with E-state index >= 15 is 0 Å². The Kier molecular flexibility index (Phi) is 3.65. The van der Waals surface area contributed by atoms with Crippen LogP contribution < -0.4 is 9.47 Å². The van der Waals surface area contributed by atoms with E-state index in [-0.39, 0.29) is 18.1 Å². The average Bonchev–Trinajstić information content (AvgIpc) is 3.14. The molecule has 0 saturated carbocycles. The fraction of sp³-hybridized carbons (Fsp3) is 0.125. The summed E-state index contributed by atoms with van der Waals surface area (Å²) in [6.45, 7) is -0.210. The third-order valence-corrected chi connectivity index (χ3v) is 3.04. The van der Waals surface area contributed by atoms with Crippen molar-refractivity contribution in [3.63, 3.8) is 0 Å². The van der Waals surface area contributed by atoms with Gasteiger partial charge in [-0.2, -0.15) is 0 Å². The standard InChI is InChI=1S/C16H12O6/c1-19-15(17)9-21-11-4-5-12-13(7-11)22-14(16(12)18)8-10-3-2-6-20-10/h2-8H,9H2,1H3/b14-8+. The highest BCUT2D eigenvalue weighted by Crippen LogP contribution is 2.34. The van der Waals surface area contributed by atoms with E-state index in [9.17, 15) is 9.59 Å². The van der Waals surface area contributed by atoms with E-state index in [0.717, 1.165) is 0 Å². The SMILES string of the molecule is COC(=O)COc1ccc2c(c1)O/C(=C/c1ccco1)C2=O. The molecule has 1 aromatic heterocycles. The lowest BCUT2D eigenvalue weighted by Gasteiger charge is -2.05. The molecule has 0 fully saturated rings. The Balaban J connectivity index is 1.79. The molecule has 6 heteroatoms. The van der Waals surface area contributed by atoms with Crippen LogP contribution in [0.3, 0.4) is 0 Å². The van der Waals surface area contributed by atoms with Gasteiger partial charge in [0.15, 0.2) is 12.4 Å². The zero-order valence-corrected chi connectivity index (χ0v) is 11.7. The minimum absolute atomic E-state index is 0.176. The smallest absolute Gasteiger partial charge is 0.343 e. The number of carbonyl (C=O) groups is 2. The third kappa shape index (κ3) is 2.71. The highest BCUT2D eigenvalue weighted by Gasteiger charge is 2.28. The van der Waals surface area contributed by atoms with Crippen molar-refractivity contribution in [2.24, 2.45) is 0 Å². The van der Waals surface area contributed by atoms with Crippen molar-refractivity contribution < 1.29 is 28.2 Å². The number of hydrogen-bond acceptors (Lipinski definition) is 6. The molecule has 2 heterocycles. The molecule has 0 aliphatic carbocycles. The summed E-state index contributed by atoms with van der Waals surface area (Å²) >= 11 is 0. The highest BCUT2D eigenvalue weighted by molar-refractivity contribution is 6.14. The van der Waals surface area contributed by atoms with Gasteiger partial charge in [-0.25, -0.2) is 4.79 Å². The zero-order chi connectivity index (χ0) is 15.5. The van der Waals surface area contributed by atoms with Gasteiger partial charge in [0.2, 0.25) is 5.78 Å². The molecule has 0 bridgehead atoms. The number of hydrogen-bond donors (Lipinski definition) is 0. The molecule has 0 unspecified atom stereocenters. The van der Waals surface area contributed by atoms with Gasteiger partial charge in [0.05, 0.1) is 18.9 Å². The van der Waals surface area contributed by atoms with Gasteiger partial charge < -0.3 is 18.6 Å². The first-order chi connectivity index (χ1) is 10.7. The summed E-state index contributed by atoms with van der Waals surface area (Å²) in [5.41, 5.74) is 0.434. The minimum atomic E-state index is -0.490. The average molecular weight is 300 g/mol. The molecule has 0 N–H and O–H groups in total. The number of fused-ring (bicyclic) bond motifs is 1. The van der Waals surface area contributed by atoms with E-state index in [0.29, 0.717) is 22.8 Å². The largest absolute Gasteiger partial charge is 0.482 e. The van der Waals surface area contributed by atoms with Crippen molar-refractivity contribution in [3.05, 3.63) is 53.7 Å². The first kappa shape index (κ1) is 13.9. The number of Topliss-reactive ketones (excluding diaryl/α,β-unsaturated/α-hetero) is 1. The van der Waals surface area contributed by atoms with E-state index in [1.54, 1.807) is 30.3 Å². The molecule has 22 heavy (non-hydrogen) atoms. The molecule has 0 atom stereocenters. The predicted octanol–water partition coefficient (Wildman–Crippen LogP) is 2.45. The maximum atomic E-state index is 12.2. The highest BCUT2D eigenvalue weighted by atomic mass is 16.6. The van der Waals surface area contributed by atoms with Crippen molar-refractivity contribution in [3.8, 4) is 11.5 Å². The summed E-state index contributed by atoms with van der Waals surface area (Å²) in [5.74, 6) is 0.775. The summed E-state index contributed by atoms with van der Waals surface area (Å²) in [4.78, 5) is 23.2. The van der Waals surface area contributed by atoms with Crippen LogP contribution in [0, 0.1) is 0 Å². The number of carbonyl (C=O) groups excluding carboxylic acids is 2. The quantitative estimate of drug-likeness (QED) is 0.637.